The van der Waals surface area contributed by atoms with Gasteiger partial charge in [0.1, 0.15) is 0 Å². The third kappa shape index (κ3) is 2.05. The van der Waals surface area contributed by atoms with Crippen LogP contribution in [0.3, 0.4) is 0 Å². The van der Waals surface area contributed by atoms with Gasteiger partial charge in [-0.05, 0) is 36.4 Å². The maximum absolute atomic E-state index is 12.0. The Bertz CT molecular complexity index is 412. The van der Waals surface area contributed by atoms with E-state index in [1.807, 2.05) is 12.1 Å². The van der Waals surface area contributed by atoms with Crippen LogP contribution in [-0.4, -0.2) is 24.0 Å². The Labute approximate surface area is 101 Å². The Kier molecular flexibility index (Phi) is 2.59. The van der Waals surface area contributed by atoms with Crippen molar-refractivity contribution < 1.29 is 4.79 Å². The number of carbonyl (C=O) groups excluding carboxylic acids is 1. The van der Waals surface area contributed by atoms with Gasteiger partial charge in [0.2, 0.25) is 5.91 Å². The quantitative estimate of drug-likeness (QED) is 0.805. The lowest BCUT2D eigenvalue weighted by Crippen LogP contribution is -2.27. The molecule has 1 aliphatic carbocycles. The molecule has 4 nitrogen and oxygen atoms in total. The monoisotopic (exact) mass is 231 g/mol. The Balaban J connectivity index is 1.52. The van der Waals surface area contributed by atoms with Crippen LogP contribution in [0.4, 0.5) is 0 Å². The Hall–Kier alpha value is -1.42. The van der Waals surface area contributed by atoms with Crippen LogP contribution >= 0.6 is 0 Å². The molecule has 0 unspecified atom stereocenters. The van der Waals surface area contributed by atoms with Crippen molar-refractivity contribution >= 4 is 5.91 Å². The molecular weight excluding hydrogens is 214 g/mol. The smallest absolute Gasteiger partial charge is 0.224 e. The predicted molar refractivity (Wildman–Crippen MR) is 64.1 cm³/mol. The first-order valence-corrected chi connectivity index (χ1v) is 6.18. The highest BCUT2D eigenvalue weighted by Gasteiger charge is 2.58. The van der Waals surface area contributed by atoms with Gasteiger partial charge in [-0.2, -0.15) is 0 Å². The van der Waals surface area contributed by atoms with Crippen LogP contribution in [0.5, 0.6) is 0 Å². The molecule has 1 amide bonds. The van der Waals surface area contributed by atoms with Crippen LogP contribution in [0, 0.1) is 11.3 Å². The number of carbonyl (C=O) groups is 1. The number of nitrogens with one attached hydrogen (secondary N) is 2. The van der Waals surface area contributed by atoms with E-state index in [0.717, 1.165) is 31.5 Å². The molecule has 1 saturated carbocycles. The maximum Gasteiger partial charge on any atom is 0.224 e. The topological polar surface area (TPSA) is 54.0 Å². The molecule has 4 heteroatoms. The molecule has 1 saturated heterocycles. The number of pyridine rings is 1. The van der Waals surface area contributed by atoms with Crippen molar-refractivity contribution in [2.75, 3.05) is 13.1 Å². The summed E-state index contributed by atoms with van der Waals surface area (Å²) in [6.45, 7) is 2.66. The Morgan fingerprint density at radius 3 is 3.29 bits per heavy atom. The van der Waals surface area contributed by atoms with Gasteiger partial charge in [0.15, 0.2) is 0 Å². The summed E-state index contributed by atoms with van der Waals surface area (Å²) in [5, 5.41) is 6.35. The molecule has 2 fully saturated rings. The van der Waals surface area contributed by atoms with Gasteiger partial charge < -0.3 is 10.6 Å². The van der Waals surface area contributed by atoms with E-state index < -0.39 is 0 Å². The van der Waals surface area contributed by atoms with Crippen LogP contribution in [0.1, 0.15) is 18.4 Å². The fourth-order valence-corrected chi connectivity index (χ4v) is 2.77. The number of amides is 1. The molecule has 0 aromatic carbocycles. The molecular formula is C13H17N3O. The van der Waals surface area contributed by atoms with E-state index >= 15 is 0 Å². The maximum atomic E-state index is 12.0. The molecule has 1 aromatic heterocycles. The number of nitrogens with zero attached hydrogens (tertiary/aromatic N) is 1. The van der Waals surface area contributed by atoms with Gasteiger partial charge in [0, 0.05) is 31.4 Å². The zero-order valence-corrected chi connectivity index (χ0v) is 9.78. The lowest BCUT2D eigenvalue weighted by atomic mass is 10.0. The molecule has 1 aromatic rings. The number of aromatic nitrogens is 1. The minimum absolute atomic E-state index is 0.206. The normalized spacial score (nSPS) is 30.5. The van der Waals surface area contributed by atoms with E-state index in [1.165, 1.54) is 0 Å². The second-order valence-electron chi connectivity index (χ2n) is 5.12. The number of hydrogen-bond donors (Lipinski definition) is 2. The fraction of sp³-hybridized carbons (Fsp3) is 0.538. The third-order valence-corrected chi connectivity index (χ3v) is 3.97. The summed E-state index contributed by atoms with van der Waals surface area (Å²) in [6, 6.07) is 3.87. The Morgan fingerprint density at radius 1 is 1.65 bits per heavy atom. The van der Waals surface area contributed by atoms with Gasteiger partial charge in [-0.15, -0.1) is 0 Å². The lowest BCUT2D eigenvalue weighted by Gasteiger charge is -2.08. The van der Waals surface area contributed by atoms with Crippen LogP contribution in [0.2, 0.25) is 0 Å². The van der Waals surface area contributed by atoms with Crippen LogP contribution in [0.15, 0.2) is 24.5 Å². The zero-order chi connectivity index (χ0) is 11.7. The summed E-state index contributed by atoms with van der Waals surface area (Å²) in [5.74, 6) is 0.437. The molecule has 1 spiro atoms. The van der Waals surface area contributed by atoms with Crippen molar-refractivity contribution in [3.63, 3.8) is 0 Å². The molecule has 90 valence electrons. The lowest BCUT2D eigenvalue weighted by molar-refractivity contribution is -0.123. The average Bonchev–Trinajstić information content (AvgIpc) is 2.86. The minimum Gasteiger partial charge on any atom is -0.352 e. The van der Waals surface area contributed by atoms with Gasteiger partial charge in [-0.25, -0.2) is 0 Å². The summed E-state index contributed by atoms with van der Waals surface area (Å²) in [7, 11) is 0. The standard InChI is InChI=1S/C13H17N3O/c17-12(11-6-13(11)3-5-15-9-13)16-8-10-2-1-4-14-7-10/h1-2,4,7,11,15H,3,5-6,8-9H2,(H,16,17)/t11-,13-/m1/s1. The van der Waals surface area contributed by atoms with Crippen molar-refractivity contribution in [1.82, 2.24) is 15.6 Å². The summed E-state index contributed by atoms with van der Waals surface area (Å²) in [6.07, 6.45) is 5.74. The van der Waals surface area contributed by atoms with Crippen LogP contribution < -0.4 is 10.6 Å². The molecule has 2 atom stereocenters. The summed E-state index contributed by atoms with van der Waals surface area (Å²) in [5.41, 5.74) is 1.35. The van der Waals surface area contributed by atoms with E-state index in [-0.39, 0.29) is 11.8 Å². The third-order valence-electron chi connectivity index (χ3n) is 3.97. The molecule has 17 heavy (non-hydrogen) atoms. The predicted octanol–water partition coefficient (Wildman–Crippen LogP) is 0.697. The number of rotatable bonds is 3. The molecule has 1 aliphatic heterocycles. The highest BCUT2D eigenvalue weighted by Crippen LogP contribution is 2.56. The molecule has 2 N–H and O–H groups in total. The minimum atomic E-state index is 0.206. The van der Waals surface area contributed by atoms with E-state index in [2.05, 4.69) is 15.6 Å². The van der Waals surface area contributed by atoms with E-state index in [1.54, 1.807) is 12.4 Å². The molecule has 0 radical (unpaired) electrons. The second kappa shape index (κ2) is 4.11. The van der Waals surface area contributed by atoms with Crippen LogP contribution in [-0.2, 0) is 11.3 Å². The van der Waals surface area contributed by atoms with Crippen molar-refractivity contribution in [3.8, 4) is 0 Å². The first kappa shape index (κ1) is 10.7. The fourth-order valence-electron chi connectivity index (χ4n) is 2.77. The Morgan fingerprint density at radius 2 is 2.59 bits per heavy atom. The highest BCUT2D eigenvalue weighted by molar-refractivity contribution is 5.82. The first-order chi connectivity index (χ1) is 8.30. The van der Waals surface area contributed by atoms with Crippen molar-refractivity contribution in [2.24, 2.45) is 11.3 Å². The number of hydrogen-bond acceptors (Lipinski definition) is 3. The van der Waals surface area contributed by atoms with Gasteiger partial charge >= 0.3 is 0 Å². The molecule has 0 bridgehead atoms. The van der Waals surface area contributed by atoms with E-state index in [9.17, 15) is 4.79 Å². The summed E-state index contributed by atoms with van der Waals surface area (Å²) < 4.78 is 0. The summed E-state index contributed by atoms with van der Waals surface area (Å²) in [4.78, 5) is 16.0. The second-order valence-corrected chi connectivity index (χ2v) is 5.12. The van der Waals surface area contributed by atoms with E-state index in [0.29, 0.717) is 12.0 Å². The van der Waals surface area contributed by atoms with Gasteiger partial charge in [-0.3, -0.25) is 9.78 Å². The zero-order valence-electron chi connectivity index (χ0n) is 9.78. The van der Waals surface area contributed by atoms with E-state index in [4.69, 9.17) is 0 Å². The summed E-state index contributed by atoms with van der Waals surface area (Å²) >= 11 is 0. The van der Waals surface area contributed by atoms with Gasteiger partial charge in [-0.1, -0.05) is 6.07 Å². The highest BCUT2D eigenvalue weighted by atomic mass is 16.2. The largest absolute Gasteiger partial charge is 0.352 e. The average molecular weight is 231 g/mol. The van der Waals surface area contributed by atoms with Gasteiger partial charge in [0.05, 0.1) is 0 Å². The molecule has 3 rings (SSSR count). The van der Waals surface area contributed by atoms with Crippen molar-refractivity contribution in [2.45, 2.75) is 19.4 Å². The molecule has 2 aliphatic rings. The first-order valence-electron chi connectivity index (χ1n) is 6.18. The van der Waals surface area contributed by atoms with Crippen LogP contribution in [0.25, 0.3) is 0 Å². The van der Waals surface area contributed by atoms with Crippen molar-refractivity contribution in [3.05, 3.63) is 30.1 Å². The van der Waals surface area contributed by atoms with Crippen molar-refractivity contribution in [1.29, 1.82) is 0 Å². The molecule has 2 heterocycles. The van der Waals surface area contributed by atoms with Gasteiger partial charge in [0.25, 0.3) is 0 Å². The SMILES string of the molecule is O=C(NCc1cccnc1)[C@H]1C[C@@]12CCNC2.